The Hall–Kier alpha value is -2.30. The van der Waals surface area contributed by atoms with Crippen molar-refractivity contribution in [1.82, 2.24) is 14.7 Å². The molecule has 1 saturated carbocycles. The van der Waals surface area contributed by atoms with Crippen LogP contribution in [0.4, 0.5) is 4.79 Å². The Morgan fingerprint density at radius 2 is 1.86 bits per heavy atom. The van der Waals surface area contributed by atoms with Crippen LogP contribution >= 0.6 is 0 Å². The fraction of sp³-hybridized carbons (Fsp3) is 0.583. The van der Waals surface area contributed by atoms with Gasteiger partial charge in [0, 0.05) is 30.8 Å². The van der Waals surface area contributed by atoms with Crippen LogP contribution in [0.3, 0.4) is 0 Å². The van der Waals surface area contributed by atoms with Crippen LogP contribution in [0.2, 0.25) is 0 Å². The van der Waals surface area contributed by atoms with Gasteiger partial charge >= 0.3 is 6.09 Å². The molecule has 2 atom stereocenters. The number of nitrogens with zero attached hydrogens (tertiary/aromatic N) is 3. The number of hydrogen-bond acceptors (Lipinski definition) is 3. The quantitative estimate of drug-likeness (QED) is 0.702. The molecular weight excluding hydrogens is 362 g/mol. The molecule has 2 unspecified atom stereocenters. The molecule has 1 aliphatic carbocycles. The third-order valence-corrected chi connectivity index (χ3v) is 7.03. The summed E-state index contributed by atoms with van der Waals surface area (Å²) in [4.78, 5) is 14.9. The van der Waals surface area contributed by atoms with Crippen molar-refractivity contribution in [3.05, 3.63) is 52.8 Å². The molecule has 29 heavy (non-hydrogen) atoms. The first-order chi connectivity index (χ1) is 14.1. The molecule has 156 valence electrons. The van der Waals surface area contributed by atoms with E-state index >= 15 is 0 Å². The summed E-state index contributed by atoms with van der Waals surface area (Å²) in [6, 6.07) is 8.49. The van der Waals surface area contributed by atoms with Gasteiger partial charge in [0.2, 0.25) is 0 Å². The molecule has 0 spiro atoms. The number of rotatable bonds is 4. The van der Waals surface area contributed by atoms with E-state index in [1.165, 1.54) is 48.8 Å². The van der Waals surface area contributed by atoms with Crippen molar-refractivity contribution >= 4 is 6.09 Å². The summed E-state index contributed by atoms with van der Waals surface area (Å²) in [6.45, 7) is 5.36. The fourth-order valence-electron chi connectivity index (χ4n) is 5.06. The van der Waals surface area contributed by atoms with Gasteiger partial charge < -0.3 is 9.64 Å². The number of hydrogen-bond donors (Lipinski definition) is 0. The smallest absolute Gasteiger partial charge is 0.410 e. The Kier molecular flexibility index (Phi) is 5.93. The van der Waals surface area contributed by atoms with Gasteiger partial charge in [0.1, 0.15) is 0 Å². The molecule has 2 aromatic rings. The van der Waals surface area contributed by atoms with Gasteiger partial charge in [-0.3, -0.25) is 4.68 Å². The van der Waals surface area contributed by atoms with Crippen LogP contribution in [0.1, 0.15) is 79.8 Å². The number of fused-ring (bicyclic) bond motifs is 1. The van der Waals surface area contributed by atoms with E-state index in [1.54, 1.807) is 0 Å². The molecule has 4 rings (SSSR count). The topological polar surface area (TPSA) is 47.4 Å². The molecule has 1 aromatic carbocycles. The molecule has 5 nitrogen and oxygen atoms in total. The molecule has 1 amide bonds. The fourth-order valence-corrected chi connectivity index (χ4v) is 5.06. The largest absolute Gasteiger partial charge is 0.449 e. The third kappa shape index (κ3) is 4.05. The Labute approximate surface area is 174 Å². The maximum atomic E-state index is 13.0. The van der Waals surface area contributed by atoms with Crippen molar-refractivity contribution in [1.29, 1.82) is 0 Å². The van der Waals surface area contributed by atoms with E-state index in [1.807, 2.05) is 22.8 Å². The van der Waals surface area contributed by atoms with Crippen LogP contribution in [-0.2, 0) is 11.8 Å². The molecule has 1 aliphatic heterocycles. The highest BCUT2D eigenvalue weighted by Crippen LogP contribution is 2.40. The van der Waals surface area contributed by atoms with Gasteiger partial charge in [-0.05, 0) is 37.3 Å². The number of benzene rings is 1. The molecule has 0 bridgehead atoms. The number of aromatic nitrogens is 2. The summed E-state index contributed by atoms with van der Waals surface area (Å²) in [5.41, 5.74) is 4.83. The summed E-state index contributed by atoms with van der Waals surface area (Å²) in [6.07, 6.45) is 9.33. The second-order valence-corrected chi connectivity index (χ2v) is 8.73. The average molecular weight is 396 g/mol. The summed E-state index contributed by atoms with van der Waals surface area (Å²) in [7, 11) is 1.97. The second-order valence-electron chi connectivity index (χ2n) is 8.73. The standard InChI is InChI=1S/C24H33N3O2/c1-17-22(15-25-26(17)3)23-16-27(18(2)20-11-7-8-12-21(20)23)24(28)29-14-13-19-9-5-4-6-10-19/h7-8,11-12,15,18-19,23H,4-6,9-10,13-14,16H2,1-3H3. The molecule has 1 fully saturated rings. The summed E-state index contributed by atoms with van der Waals surface area (Å²) < 4.78 is 7.66. The summed E-state index contributed by atoms with van der Waals surface area (Å²) >= 11 is 0. The van der Waals surface area contributed by atoms with Gasteiger partial charge in [0.05, 0.1) is 18.8 Å². The Bertz CT molecular complexity index is 854. The molecule has 2 heterocycles. The Morgan fingerprint density at radius 3 is 2.55 bits per heavy atom. The van der Waals surface area contributed by atoms with Crippen LogP contribution in [0.15, 0.2) is 30.5 Å². The minimum Gasteiger partial charge on any atom is -0.449 e. The van der Waals surface area contributed by atoms with E-state index in [2.05, 4.69) is 43.2 Å². The number of aryl methyl sites for hydroxylation is 1. The molecule has 2 aliphatic rings. The van der Waals surface area contributed by atoms with Crippen molar-refractivity contribution in [2.24, 2.45) is 13.0 Å². The SMILES string of the molecule is Cc1c(C2CN(C(=O)OCCC3CCCCC3)C(C)c3ccccc32)cnn1C. The van der Waals surface area contributed by atoms with E-state index in [0.717, 1.165) is 18.0 Å². The van der Waals surface area contributed by atoms with Crippen molar-refractivity contribution in [2.75, 3.05) is 13.2 Å². The number of carbonyl (C=O) groups is 1. The highest BCUT2D eigenvalue weighted by atomic mass is 16.6. The van der Waals surface area contributed by atoms with Gasteiger partial charge in [0.25, 0.3) is 0 Å². The minimum atomic E-state index is -0.186. The monoisotopic (exact) mass is 395 g/mol. The molecule has 5 heteroatoms. The Morgan fingerprint density at radius 1 is 1.14 bits per heavy atom. The highest BCUT2D eigenvalue weighted by Gasteiger charge is 2.36. The molecule has 1 aromatic heterocycles. The Balaban J connectivity index is 1.50. The van der Waals surface area contributed by atoms with Crippen LogP contribution in [0, 0.1) is 12.8 Å². The minimum absolute atomic E-state index is 0.0154. The lowest BCUT2D eigenvalue weighted by Crippen LogP contribution is -2.41. The maximum Gasteiger partial charge on any atom is 0.410 e. The summed E-state index contributed by atoms with van der Waals surface area (Å²) in [5.74, 6) is 0.851. The van der Waals surface area contributed by atoms with Crippen molar-refractivity contribution < 1.29 is 9.53 Å². The first-order valence-electron chi connectivity index (χ1n) is 11.1. The predicted molar refractivity (Wildman–Crippen MR) is 114 cm³/mol. The zero-order chi connectivity index (χ0) is 20.4. The molecule has 0 saturated heterocycles. The normalized spacial score (nSPS) is 22.4. The van der Waals surface area contributed by atoms with E-state index < -0.39 is 0 Å². The van der Waals surface area contributed by atoms with Crippen LogP contribution in [0.5, 0.6) is 0 Å². The van der Waals surface area contributed by atoms with E-state index in [4.69, 9.17) is 4.74 Å². The predicted octanol–water partition coefficient (Wildman–Crippen LogP) is 5.34. The van der Waals surface area contributed by atoms with Crippen molar-refractivity contribution in [2.45, 2.75) is 64.3 Å². The van der Waals surface area contributed by atoms with E-state index in [-0.39, 0.29) is 18.1 Å². The number of carbonyl (C=O) groups excluding carboxylic acids is 1. The van der Waals surface area contributed by atoms with Crippen LogP contribution < -0.4 is 0 Å². The number of amides is 1. The molecule has 0 N–H and O–H groups in total. The van der Waals surface area contributed by atoms with Gasteiger partial charge in [-0.1, -0.05) is 56.4 Å². The first-order valence-corrected chi connectivity index (χ1v) is 11.1. The van der Waals surface area contributed by atoms with Crippen molar-refractivity contribution in [3.8, 4) is 0 Å². The molecular formula is C24H33N3O2. The van der Waals surface area contributed by atoms with E-state index in [9.17, 15) is 4.79 Å². The third-order valence-electron chi connectivity index (χ3n) is 7.03. The second kappa shape index (κ2) is 8.60. The average Bonchev–Trinajstić information content (AvgIpc) is 3.08. The highest BCUT2D eigenvalue weighted by molar-refractivity contribution is 5.69. The lowest BCUT2D eigenvalue weighted by Gasteiger charge is -2.39. The molecule has 0 radical (unpaired) electrons. The summed E-state index contributed by atoms with van der Waals surface area (Å²) in [5, 5.41) is 4.44. The first kappa shape index (κ1) is 20.0. The van der Waals surface area contributed by atoms with Crippen molar-refractivity contribution in [3.63, 3.8) is 0 Å². The zero-order valence-corrected chi connectivity index (χ0v) is 17.9. The van der Waals surface area contributed by atoms with E-state index in [0.29, 0.717) is 13.2 Å². The van der Waals surface area contributed by atoms with Crippen LogP contribution in [0.25, 0.3) is 0 Å². The lowest BCUT2D eigenvalue weighted by molar-refractivity contribution is 0.0770. The zero-order valence-electron chi connectivity index (χ0n) is 17.9. The lowest BCUT2D eigenvalue weighted by atomic mass is 9.82. The maximum absolute atomic E-state index is 13.0. The van der Waals surface area contributed by atoms with Crippen LogP contribution in [-0.4, -0.2) is 33.9 Å². The van der Waals surface area contributed by atoms with Gasteiger partial charge in [-0.15, -0.1) is 0 Å². The van der Waals surface area contributed by atoms with Gasteiger partial charge in [-0.25, -0.2) is 4.79 Å². The van der Waals surface area contributed by atoms with Gasteiger partial charge in [-0.2, -0.15) is 5.10 Å². The number of ether oxygens (including phenoxy) is 1. The van der Waals surface area contributed by atoms with Gasteiger partial charge in [0.15, 0.2) is 0 Å².